The number of fused-ring (bicyclic) bond motifs is 1. The summed E-state index contributed by atoms with van der Waals surface area (Å²) in [6, 6.07) is 4.42. The van der Waals surface area contributed by atoms with Gasteiger partial charge >= 0.3 is 0 Å². The maximum Gasteiger partial charge on any atom is 0.200 e. The zero-order chi connectivity index (χ0) is 10.7. The number of nitrogens with two attached hydrogens (primary N) is 1. The van der Waals surface area contributed by atoms with Gasteiger partial charge in [-0.2, -0.15) is 0 Å². The topological polar surface area (TPSA) is 43.8 Å². The minimum Gasteiger partial charge on any atom is -0.369 e. The molecule has 2 N–H and O–H groups in total. The fourth-order valence-corrected chi connectivity index (χ4v) is 1.19. The van der Waals surface area contributed by atoms with Crippen molar-refractivity contribution >= 4 is 17.0 Å². The summed E-state index contributed by atoms with van der Waals surface area (Å²) < 4.78 is 14.4. The van der Waals surface area contributed by atoms with Crippen LogP contribution in [0.2, 0.25) is 0 Å². The van der Waals surface area contributed by atoms with Gasteiger partial charge in [-0.05, 0) is 12.1 Å². The van der Waals surface area contributed by atoms with E-state index in [4.69, 9.17) is 5.73 Å². The molecule has 0 aliphatic heterocycles. The number of hydrogen-bond acceptors (Lipinski definition) is 2. The van der Waals surface area contributed by atoms with Gasteiger partial charge in [0.1, 0.15) is 5.82 Å². The van der Waals surface area contributed by atoms with Crippen molar-refractivity contribution in [2.24, 2.45) is 7.05 Å². The Kier molecular flexibility index (Phi) is 3.06. The van der Waals surface area contributed by atoms with E-state index in [1.807, 2.05) is 13.8 Å². The summed E-state index contributed by atoms with van der Waals surface area (Å²) in [5.41, 5.74) is 6.97. The Hall–Kier alpha value is -1.58. The number of nitrogen functional groups attached to an aromatic ring is 1. The molecular formula is C10H14FN3. The zero-order valence-corrected chi connectivity index (χ0v) is 8.58. The first-order valence-corrected chi connectivity index (χ1v) is 4.56. The van der Waals surface area contributed by atoms with E-state index in [9.17, 15) is 4.39 Å². The van der Waals surface area contributed by atoms with E-state index in [0.29, 0.717) is 11.5 Å². The van der Waals surface area contributed by atoms with Crippen LogP contribution >= 0.6 is 0 Å². The molecule has 4 heteroatoms. The molecule has 1 heterocycles. The van der Waals surface area contributed by atoms with Gasteiger partial charge in [0.05, 0.1) is 11.0 Å². The van der Waals surface area contributed by atoms with Crippen molar-refractivity contribution in [2.45, 2.75) is 13.8 Å². The standard InChI is InChI=1S/C8H8FN3.C2H6/c1-12-7-3-2-5(9)4-6(7)11-8(12)10;1-2/h2-4H,1H3,(H2,10,11);1-2H3. The number of aromatic nitrogens is 2. The van der Waals surface area contributed by atoms with Gasteiger partial charge < -0.3 is 10.3 Å². The lowest BCUT2D eigenvalue weighted by Crippen LogP contribution is -1.95. The van der Waals surface area contributed by atoms with Crippen LogP contribution in [0.3, 0.4) is 0 Å². The number of rotatable bonds is 0. The van der Waals surface area contributed by atoms with Crippen LogP contribution in [-0.2, 0) is 7.05 Å². The first-order chi connectivity index (χ1) is 6.68. The number of nitrogens with zero attached hydrogens (tertiary/aromatic N) is 2. The van der Waals surface area contributed by atoms with Crippen molar-refractivity contribution in [3.8, 4) is 0 Å². The highest BCUT2D eigenvalue weighted by molar-refractivity contribution is 5.78. The predicted molar refractivity (Wildman–Crippen MR) is 56.4 cm³/mol. The average Bonchev–Trinajstić information content (AvgIpc) is 2.45. The van der Waals surface area contributed by atoms with Crippen molar-refractivity contribution in [3.63, 3.8) is 0 Å². The van der Waals surface area contributed by atoms with Gasteiger partial charge in [0, 0.05) is 13.1 Å². The predicted octanol–water partition coefficient (Wildman–Crippen LogP) is 2.32. The minimum atomic E-state index is -0.291. The van der Waals surface area contributed by atoms with Crippen molar-refractivity contribution < 1.29 is 4.39 Å². The van der Waals surface area contributed by atoms with Crippen LogP contribution in [-0.4, -0.2) is 9.55 Å². The molecule has 14 heavy (non-hydrogen) atoms. The van der Waals surface area contributed by atoms with Crippen LogP contribution in [0.15, 0.2) is 18.2 Å². The fraction of sp³-hybridized carbons (Fsp3) is 0.300. The second-order valence-electron chi connectivity index (χ2n) is 2.66. The number of benzene rings is 1. The number of anilines is 1. The van der Waals surface area contributed by atoms with Gasteiger partial charge in [0.15, 0.2) is 0 Å². The van der Waals surface area contributed by atoms with Crippen LogP contribution in [0.25, 0.3) is 11.0 Å². The third-order valence-corrected chi connectivity index (χ3v) is 1.88. The second kappa shape index (κ2) is 4.09. The summed E-state index contributed by atoms with van der Waals surface area (Å²) in [5.74, 6) is 0.108. The Morgan fingerprint density at radius 1 is 1.36 bits per heavy atom. The van der Waals surface area contributed by atoms with Crippen LogP contribution in [0.5, 0.6) is 0 Å². The van der Waals surface area contributed by atoms with Gasteiger partial charge in [-0.15, -0.1) is 0 Å². The van der Waals surface area contributed by atoms with E-state index in [2.05, 4.69) is 4.98 Å². The molecular weight excluding hydrogens is 181 g/mol. The quantitative estimate of drug-likeness (QED) is 0.701. The van der Waals surface area contributed by atoms with E-state index in [-0.39, 0.29) is 5.82 Å². The van der Waals surface area contributed by atoms with Gasteiger partial charge in [-0.25, -0.2) is 9.37 Å². The monoisotopic (exact) mass is 195 g/mol. The Labute approximate surface area is 82.4 Å². The Bertz CT molecular complexity index is 434. The molecule has 0 fully saturated rings. The molecule has 1 aromatic carbocycles. The second-order valence-corrected chi connectivity index (χ2v) is 2.66. The molecule has 0 saturated carbocycles. The van der Waals surface area contributed by atoms with Crippen LogP contribution in [0.4, 0.5) is 10.3 Å². The third kappa shape index (κ3) is 1.69. The van der Waals surface area contributed by atoms with E-state index >= 15 is 0 Å². The molecule has 0 atom stereocenters. The van der Waals surface area contributed by atoms with Crippen molar-refractivity contribution in [3.05, 3.63) is 24.0 Å². The fourth-order valence-electron chi connectivity index (χ4n) is 1.19. The number of aryl methyl sites for hydroxylation is 1. The summed E-state index contributed by atoms with van der Waals surface area (Å²) >= 11 is 0. The molecule has 1 aromatic heterocycles. The van der Waals surface area contributed by atoms with E-state index in [1.54, 1.807) is 17.7 Å². The molecule has 0 unspecified atom stereocenters. The van der Waals surface area contributed by atoms with Gasteiger partial charge in [0.2, 0.25) is 5.95 Å². The van der Waals surface area contributed by atoms with Gasteiger partial charge in [-0.1, -0.05) is 13.8 Å². The molecule has 2 aromatic rings. The lowest BCUT2D eigenvalue weighted by atomic mass is 10.3. The maximum absolute atomic E-state index is 12.7. The molecule has 0 aliphatic carbocycles. The molecule has 76 valence electrons. The van der Waals surface area contributed by atoms with Crippen molar-refractivity contribution in [2.75, 3.05) is 5.73 Å². The first kappa shape index (κ1) is 10.5. The molecule has 0 aliphatic rings. The van der Waals surface area contributed by atoms with E-state index in [1.165, 1.54) is 12.1 Å². The smallest absolute Gasteiger partial charge is 0.200 e. The normalized spacial score (nSPS) is 9.71. The number of imidazole rings is 1. The van der Waals surface area contributed by atoms with Gasteiger partial charge in [0.25, 0.3) is 0 Å². The molecule has 2 rings (SSSR count). The molecule has 3 nitrogen and oxygen atoms in total. The summed E-state index contributed by atoms with van der Waals surface area (Å²) in [5, 5.41) is 0. The highest BCUT2D eigenvalue weighted by Gasteiger charge is 2.04. The highest BCUT2D eigenvalue weighted by atomic mass is 19.1. The summed E-state index contributed by atoms with van der Waals surface area (Å²) in [4.78, 5) is 3.97. The van der Waals surface area contributed by atoms with Crippen LogP contribution in [0.1, 0.15) is 13.8 Å². The summed E-state index contributed by atoms with van der Waals surface area (Å²) in [6.45, 7) is 4.00. The Balaban J connectivity index is 0.000000461. The summed E-state index contributed by atoms with van der Waals surface area (Å²) in [7, 11) is 1.79. The highest BCUT2D eigenvalue weighted by Crippen LogP contribution is 2.16. The SMILES string of the molecule is CC.Cn1c(N)nc2cc(F)ccc21. The summed E-state index contributed by atoms with van der Waals surface area (Å²) in [6.07, 6.45) is 0. The van der Waals surface area contributed by atoms with E-state index < -0.39 is 0 Å². The lowest BCUT2D eigenvalue weighted by Gasteiger charge is -1.94. The minimum absolute atomic E-state index is 0.291. The molecule has 0 amide bonds. The largest absolute Gasteiger partial charge is 0.369 e. The van der Waals surface area contributed by atoms with Gasteiger partial charge in [-0.3, -0.25) is 0 Å². The van der Waals surface area contributed by atoms with Crippen molar-refractivity contribution in [1.82, 2.24) is 9.55 Å². The molecule has 0 spiro atoms. The lowest BCUT2D eigenvalue weighted by molar-refractivity contribution is 0.629. The maximum atomic E-state index is 12.7. The van der Waals surface area contributed by atoms with Crippen molar-refractivity contribution in [1.29, 1.82) is 0 Å². The van der Waals surface area contributed by atoms with E-state index in [0.717, 1.165) is 5.52 Å². The molecule has 0 radical (unpaired) electrons. The Morgan fingerprint density at radius 2 is 2.00 bits per heavy atom. The first-order valence-electron chi connectivity index (χ1n) is 4.56. The average molecular weight is 195 g/mol. The van der Waals surface area contributed by atoms with Crippen LogP contribution in [0, 0.1) is 5.82 Å². The van der Waals surface area contributed by atoms with Crippen LogP contribution < -0.4 is 5.73 Å². The number of halogens is 1. The molecule has 0 bridgehead atoms. The third-order valence-electron chi connectivity index (χ3n) is 1.88. The Morgan fingerprint density at radius 3 is 2.64 bits per heavy atom. The number of hydrogen-bond donors (Lipinski definition) is 1. The molecule has 0 saturated heterocycles. The zero-order valence-electron chi connectivity index (χ0n) is 8.58.